The number of aliphatic hydroxyl groups is 1. The van der Waals surface area contributed by atoms with E-state index in [2.05, 4.69) is 10.2 Å². The normalized spacial score (nSPS) is 18.9. The Morgan fingerprint density at radius 2 is 2.15 bits per heavy atom. The Morgan fingerprint density at radius 3 is 2.80 bits per heavy atom. The van der Waals surface area contributed by atoms with E-state index in [9.17, 15) is 9.90 Å². The van der Waals surface area contributed by atoms with E-state index in [4.69, 9.17) is 4.42 Å². The molecule has 0 bridgehead atoms. The number of hydrogen-bond acceptors (Lipinski definition) is 5. The highest BCUT2D eigenvalue weighted by Crippen LogP contribution is 2.27. The highest BCUT2D eigenvalue weighted by molar-refractivity contribution is 5.94. The van der Waals surface area contributed by atoms with Crippen molar-refractivity contribution in [1.29, 1.82) is 0 Å². The van der Waals surface area contributed by atoms with E-state index in [1.807, 2.05) is 32.0 Å². The maximum absolute atomic E-state index is 11.7. The van der Waals surface area contributed by atoms with Crippen LogP contribution >= 0.6 is 0 Å². The molecule has 0 spiro atoms. The molecule has 2 aromatic rings. The van der Waals surface area contributed by atoms with Gasteiger partial charge in [-0.25, -0.2) is 0 Å². The Hall–Kier alpha value is -2.21. The van der Waals surface area contributed by atoms with Crippen LogP contribution in [0.1, 0.15) is 17.5 Å². The molecule has 104 valence electrons. The third kappa shape index (κ3) is 2.18. The molecular weight excluding hydrogens is 258 g/mol. The summed E-state index contributed by atoms with van der Waals surface area (Å²) in [4.78, 5) is 13.0. The number of β-amino-alcohol motifs (C(OH)–C–C–N with tert-alkyl or cyclic N) is 1. The maximum Gasteiger partial charge on any atom is 0.325 e. The Balaban J connectivity index is 1.92. The molecule has 1 aromatic heterocycles. The van der Waals surface area contributed by atoms with Gasteiger partial charge in [-0.05, 0) is 25.5 Å². The van der Waals surface area contributed by atoms with Crippen LogP contribution in [0.25, 0.3) is 11.5 Å². The quantitative estimate of drug-likeness (QED) is 0.895. The van der Waals surface area contributed by atoms with E-state index in [0.29, 0.717) is 5.89 Å². The van der Waals surface area contributed by atoms with Crippen molar-refractivity contribution in [1.82, 2.24) is 10.2 Å². The molecule has 1 aliphatic heterocycles. The zero-order chi connectivity index (χ0) is 14.3. The van der Waals surface area contributed by atoms with Crippen LogP contribution in [0, 0.1) is 13.8 Å². The molecular formula is C14H15N3O3. The van der Waals surface area contributed by atoms with Gasteiger partial charge in [0.15, 0.2) is 0 Å². The number of aryl methyl sites for hydroxylation is 2. The minimum atomic E-state index is -0.668. The molecule has 0 radical (unpaired) electrons. The van der Waals surface area contributed by atoms with Gasteiger partial charge in [-0.15, -0.1) is 5.10 Å². The van der Waals surface area contributed by atoms with Crippen LogP contribution in [0.4, 0.5) is 6.01 Å². The molecule has 1 amide bonds. The summed E-state index contributed by atoms with van der Waals surface area (Å²) in [6.07, 6.45) is -0.569. The Bertz CT molecular complexity index is 665. The summed E-state index contributed by atoms with van der Waals surface area (Å²) in [7, 11) is 0. The van der Waals surface area contributed by atoms with Gasteiger partial charge in [-0.2, -0.15) is 0 Å². The SMILES string of the molecule is Cc1ccc(-c2nnc(N3CC(O)CC3=O)o2)c(C)c1. The number of aliphatic hydroxyl groups excluding tert-OH is 1. The molecule has 1 N–H and O–H groups in total. The number of carbonyl (C=O) groups is 1. The molecule has 1 saturated heterocycles. The lowest BCUT2D eigenvalue weighted by Gasteiger charge is -2.08. The highest BCUT2D eigenvalue weighted by Gasteiger charge is 2.32. The van der Waals surface area contributed by atoms with Crippen molar-refractivity contribution in [2.75, 3.05) is 11.4 Å². The average molecular weight is 273 g/mol. The molecule has 3 rings (SSSR count). The van der Waals surface area contributed by atoms with Crippen LogP contribution in [-0.4, -0.2) is 33.9 Å². The fraction of sp³-hybridized carbons (Fsp3) is 0.357. The first-order valence-corrected chi connectivity index (χ1v) is 6.44. The molecule has 20 heavy (non-hydrogen) atoms. The Labute approximate surface area is 116 Å². The van der Waals surface area contributed by atoms with Crippen LogP contribution in [0.15, 0.2) is 22.6 Å². The van der Waals surface area contributed by atoms with Gasteiger partial charge in [-0.3, -0.25) is 9.69 Å². The molecule has 0 saturated carbocycles. The van der Waals surface area contributed by atoms with Crippen molar-refractivity contribution in [3.05, 3.63) is 29.3 Å². The molecule has 6 heteroatoms. The van der Waals surface area contributed by atoms with E-state index in [0.717, 1.165) is 16.7 Å². The fourth-order valence-electron chi connectivity index (χ4n) is 2.36. The van der Waals surface area contributed by atoms with Crippen LogP contribution in [0.3, 0.4) is 0 Å². The first kappa shape index (κ1) is 12.8. The molecule has 1 aliphatic rings. The van der Waals surface area contributed by atoms with E-state index >= 15 is 0 Å². The van der Waals surface area contributed by atoms with Crippen molar-refractivity contribution in [2.24, 2.45) is 0 Å². The molecule has 0 aliphatic carbocycles. The summed E-state index contributed by atoms with van der Waals surface area (Å²) < 4.78 is 5.56. The smallest absolute Gasteiger partial charge is 0.325 e. The number of benzene rings is 1. The van der Waals surface area contributed by atoms with Gasteiger partial charge in [-0.1, -0.05) is 22.8 Å². The van der Waals surface area contributed by atoms with Gasteiger partial charge in [0.25, 0.3) is 0 Å². The van der Waals surface area contributed by atoms with Crippen molar-refractivity contribution in [2.45, 2.75) is 26.4 Å². The number of rotatable bonds is 2. The van der Waals surface area contributed by atoms with Crippen molar-refractivity contribution < 1.29 is 14.3 Å². The Morgan fingerprint density at radius 1 is 1.35 bits per heavy atom. The van der Waals surface area contributed by atoms with Gasteiger partial charge in [0, 0.05) is 5.56 Å². The fourth-order valence-corrected chi connectivity index (χ4v) is 2.36. The van der Waals surface area contributed by atoms with Gasteiger partial charge < -0.3 is 9.52 Å². The van der Waals surface area contributed by atoms with Crippen LogP contribution in [-0.2, 0) is 4.79 Å². The highest BCUT2D eigenvalue weighted by atomic mass is 16.4. The standard InChI is InChI=1S/C14H15N3O3/c1-8-3-4-11(9(2)5-8)13-15-16-14(20-13)17-7-10(18)6-12(17)19/h3-5,10,18H,6-7H2,1-2H3. The largest absolute Gasteiger partial charge is 0.403 e. The molecule has 1 fully saturated rings. The number of amides is 1. The summed E-state index contributed by atoms with van der Waals surface area (Å²) in [5.74, 6) is 0.181. The second kappa shape index (κ2) is 4.72. The molecule has 2 heterocycles. The summed E-state index contributed by atoms with van der Waals surface area (Å²) in [5, 5.41) is 17.4. The average Bonchev–Trinajstić information content (AvgIpc) is 2.96. The van der Waals surface area contributed by atoms with Crippen molar-refractivity contribution in [3.63, 3.8) is 0 Å². The zero-order valence-electron chi connectivity index (χ0n) is 11.3. The molecule has 1 aromatic carbocycles. The summed E-state index contributed by atoms with van der Waals surface area (Å²) in [5.41, 5.74) is 3.04. The zero-order valence-corrected chi connectivity index (χ0v) is 11.3. The van der Waals surface area contributed by atoms with Crippen LogP contribution in [0.2, 0.25) is 0 Å². The van der Waals surface area contributed by atoms with Gasteiger partial charge in [0.1, 0.15) is 0 Å². The lowest BCUT2D eigenvalue weighted by Crippen LogP contribution is -2.25. The number of nitrogens with zero attached hydrogens (tertiary/aromatic N) is 3. The minimum Gasteiger partial charge on any atom is -0.403 e. The monoisotopic (exact) mass is 273 g/mol. The van der Waals surface area contributed by atoms with E-state index < -0.39 is 6.10 Å². The third-order valence-electron chi connectivity index (χ3n) is 3.36. The van der Waals surface area contributed by atoms with Crippen LogP contribution in [0.5, 0.6) is 0 Å². The second-order valence-electron chi connectivity index (χ2n) is 5.07. The summed E-state index contributed by atoms with van der Waals surface area (Å²) in [6, 6.07) is 6.06. The summed E-state index contributed by atoms with van der Waals surface area (Å²) in [6.45, 7) is 4.19. The number of anilines is 1. The summed E-state index contributed by atoms with van der Waals surface area (Å²) >= 11 is 0. The Kier molecular flexibility index (Phi) is 3.02. The van der Waals surface area contributed by atoms with E-state index in [1.54, 1.807) is 0 Å². The van der Waals surface area contributed by atoms with Crippen LogP contribution < -0.4 is 4.90 Å². The first-order chi connectivity index (χ1) is 9.54. The number of hydrogen-bond donors (Lipinski definition) is 1. The van der Waals surface area contributed by atoms with Crippen molar-refractivity contribution >= 4 is 11.9 Å². The van der Waals surface area contributed by atoms with Gasteiger partial charge in [0.2, 0.25) is 11.8 Å². The molecule has 1 unspecified atom stereocenters. The topological polar surface area (TPSA) is 79.5 Å². The predicted molar refractivity (Wildman–Crippen MR) is 72.2 cm³/mol. The predicted octanol–water partition coefficient (Wildman–Crippen LogP) is 1.45. The molecule has 1 atom stereocenters. The van der Waals surface area contributed by atoms with E-state index in [-0.39, 0.29) is 24.9 Å². The van der Waals surface area contributed by atoms with Crippen molar-refractivity contribution in [3.8, 4) is 11.5 Å². The lowest BCUT2D eigenvalue weighted by molar-refractivity contribution is -0.117. The third-order valence-corrected chi connectivity index (χ3v) is 3.36. The second-order valence-corrected chi connectivity index (χ2v) is 5.07. The first-order valence-electron chi connectivity index (χ1n) is 6.44. The lowest BCUT2D eigenvalue weighted by atomic mass is 10.1. The molecule has 6 nitrogen and oxygen atoms in total. The van der Waals surface area contributed by atoms with Gasteiger partial charge in [0.05, 0.1) is 19.1 Å². The maximum atomic E-state index is 11.7. The van der Waals surface area contributed by atoms with E-state index in [1.165, 1.54) is 4.90 Å². The number of aromatic nitrogens is 2. The number of carbonyl (C=O) groups excluding carboxylic acids is 1. The van der Waals surface area contributed by atoms with Gasteiger partial charge >= 0.3 is 6.01 Å². The minimum absolute atomic E-state index is 0.0985.